The maximum absolute atomic E-state index is 3.60. The van der Waals surface area contributed by atoms with Crippen LogP contribution >= 0.6 is 27.3 Å². The summed E-state index contributed by atoms with van der Waals surface area (Å²) in [6.45, 7) is 6.88. The summed E-state index contributed by atoms with van der Waals surface area (Å²) < 4.78 is 1.27. The molecule has 2 rings (SSSR count). The van der Waals surface area contributed by atoms with E-state index in [2.05, 4.69) is 55.1 Å². The molecule has 15 heavy (non-hydrogen) atoms. The average molecular weight is 288 g/mol. The Labute approximate surface area is 104 Å². The Morgan fingerprint density at radius 3 is 2.53 bits per heavy atom. The molecule has 84 valence electrons. The van der Waals surface area contributed by atoms with Crippen LogP contribution in [0.5, 0.6) is 0 Å². The number of nitrogens with one attached hydrogen (secondary N) is 1. The van der Waals surface area contributed by atoms with E-state index in [0.29, 0.717) is 11.5 Å². The molecule has 0 amide bonds. The van der Waals surface area contributed by atoms with Gasteiger partial charge in [-0.05, 0) is 59.3 Å². The first kappa shape index (κ1) is 11.6. The van der Waals surface area contributed by atoms with Gasteiger partial charge in [0, 0.05) is 10.9 Å². The lowest BCUT2D eigenvalue weighted by Gasteiger charge is -2.16. The van der Waals surface area contributed by atoms with Gasteiger partial charge in [-0.3, -0.25) is 0 Å². The molecule has 1 aliphatic rings. The minimum absolute atomic E-state index is 0.526. The maximum atomic E-state index is 3.60. The lowest BCUT2D eigenvalue weighted by atomic mass is 10.0. The van der Waals surface area contributed by atoms with Crippen molar-refractivity contribution < 1.29 is 0 Å². The van der Waals surface area contributed by atoms with E-state index in [9.17, 15) is 0 Å². The molecule has 1 N–H and O–H groups in total. The molecule has 2 atom stereocenters. The molecule has 3 heteroatoms. The molecule has 2 unspecified atom stereocenters. The molecule has 0 aromatic carbocycles. The second-order valence-corrected chi connectivity index (χ2v) is 7.57. The fourth-order valence-corrected chi connectivity index (χ4v) is 4.00. The van der Waals surface area contributed by atoms with Crippen molar-refractivity contribution in [2.45, 2.75) is 33.2 Å². The van der Waals surface area contributed by atoms with Gasteiger partial charge < -0.3 is 5.32 Å². The first-order chi connectivity index (χ1) is 6.95. The highest BCUT2D eigenvalue weighted by Crippen LogP contribution is 2.58. The topological polar surface area (TPSA) is 12.0 Å². The molecule has 0 spiro atoms. The van der Waals surface area contributed by atoms with Gasteiger partial charge in [0.1, 0.15) is 0 Å². The summed E-state index contributed by atoms with van der Waals surface area (Å²) in [5.74, 6) is 0.799. The molecule has 0 radical (unpaired) electrons. The number of thiophene rings is 1. The van der Waals surface area contributed by atoms with Crippen molar-refractivity contribution in [2.24, 2.45) is 11.3 Å². The first-order valence-electron chi connectivity index (χ1n) is 5.39. The van der Waals surface area contributed by atoms with Crippen molar-refractivity contribution in [1.29, 1.82) is 0 Å². The Bertz CT molecular complexity index is 350. The van der Waals surface area contributed by atoms with Gasteiger partial charge in [-0.15, -0.1) is 11.3 Å². The Kier molecular flexibility index (Phi) is 2.99. The molecule has 1 nitrogen and oxygen atoms in total. The van der Waals surface area contributed by atoms with Crippen molar-refractivity contribution in [2.75, 3.05) is 7.05 Å². The number of rotatable bonds is 3. The van der Waals surface area contributed by atoms with Gasteiger partial charge in [0.05, 0.1) is 3.79 Å². The third-order valence-electron chi connectivity index (χ3n) is 3.49. The zero-order valence-electron chi connectivity index (χ0n) is 9.73. The molecule has 0 saturated heterocycles. The molecular weight excluding hydrogens is 270 g/mol. The molecule has 1 saturated carbocycles. The summed E-state index contributed by atoms with van der Waals surface area (Å²) in [6.07, 6.45) is 1.34. The van der Waals surface area contributed by atoms with Crippen molar-refractivity contribution in [3.63, 3.8) is 0 Å². The Balaban J connectivity index is 2.21. The van der Waals surface area contributed by atoms with E-state index < -0.39 is 0 Å². The highest BCUT2D eigenvalue weighted by Gasteiger charge is 2.50. The molecule has 1 aromatic heterocycles. The summed E-state index contributed by atoms with van der Waals surface area (Å²) >= 11 is 5.47. The highest BCUT2D eigenvalue weighted by molar-refractivity contribution is 9.11. The van der Waals surface area contributed by atoms with E-state index in [1.165, 1.54) is 20.6 Å². The predicted octanol–water partition coefficient (Wildman–Crippen LogP) is 4.13. The lowest BCUT2D eigenvalue weighted by Crippen LogP contribution is -2.19. The fourth-order valence-electron chi connectivity index (χ4n) is 2.26. The average Bonchev–Trinajstić information content (AvgIpc) is 2.62. The van der Waals surface area contributed by atoms with Crippen molar-refractivity contribution in [3.8, 4) is 0 Å². The number of hydrogen-bond acceptors (Lipinski definition) is 2. The molecule has 0 bridgehead atoms. The van der Waals surface area contributed by atoms with Crippen LogP contribution in [0.1, 0.15) is 36.8 Å². The van der Waals surface area contributed by atoms with Crippen LogP contribution in [0.25, 0.3) is 0 Å². The highest BCUT2D eigenvalue weighted by atomic mass is 79.9. The van der Waals surface area contributed by atoms with Gasteiger partial charge in [-0.2, -0.15) is 0 Å². The summed E-state index contributed by atoms with van der Waals surface area (Å²) in [6, 6.07) is 2.85. The third kappa shape index (κ3) is 2.15. The van der Waals surface area contributed by atoms with Crippen LogP contribution in [0, 0.1) is 18.3 Å². The van der Waals surface area contributed by atoms with Crippen LogP contribution in [-0.2, 0) is 0 Å². The third-order valence-corrected chi connectivity index (χ3v) is 5.71. The molecule has 1 aromatic rings. The molecule has 1 fully saturated rings. The molecular formula is C12H18BrNS. The van der Waals surface area contributed by atoms with Gasteiger partial charge >= 0.3 is 0 Å². The van der Waals surface area contributed by atoms with E-state index in [1.54, 1.807) is 0 Å². The minimum atomic E-state index is 0.526. The van der Waals surface area contributed by atoms with E-state index in [4.69, 9.17) is 0 Å². The van der Waals surface area contributed by atoms with Crippen LogP contribution < -0.4 is 5.32 Å². The second-order valence-electron chi connectivity index (χ2n) is 5.17. The standard InChI is InChI=1S/C12H18BrNS/c1-7-5-9(15-11(7)13)10(14-4)8-6-12(8,2)3/h5,8,10,14H,6H2,1-4H3. The lowest BCUT2D eigenvalue weighted by molar-refractivity contribution is 0.446. The summed E-state index contributed by atoms with van der Waals surface area (Å²) in [7, 11) is 2.07. The van der Waals surface area contributed by atoms with Gasteiger partial charge in [0.15, 0.2) is 0 Å². The van der Waals surface area contributed by atoms with Crippen LogP contribution in [0.3, 0.4) is 0 Å². The number of aryl methyl sites for hydroxylation is 1. The summed E-state index contributed by atoms with van der Waals surface area (Å²) in [5, 5.41) is 3.47. The van der Waals surface area contributed by atoms with Gasteiger partial charge in [-0.25, -0.2) is 0 Å². The van der Waals surface area contributed by atoms with E-state index in [-0.39, 0.29) is 0 Å². The first-order valence-corrected chi connectivity index (χ1v) is 7.00. The van der Waals surface area contributed by atoms with Gasteiger partial charge in [0.25, 0.3) is 0 Å². The van der Waals surface area contributed by atoms with Crippen molar-refractivity contribution in [3.05, 3.63) is 20.3 Å². The number of halogens is 1. The zero-order chi connectivity index (χ0) is 11.2. The minimum Gasteiger partial charge on any atom is -0.312 e. The maximum Gasteiger partial charge on any atom is 0.0731 e. The van der Waals surface area contributed by atoms with Crippen LogP contribution in [-0.4, -0.2) is 7.05 Å². The zero-order valence-corrected chi connectivity index (χ0v) is 12.1. The molecule has 1 heterocycles. The smallest absolute Gasteiger partial charge is 0.0731 e. The number of hydrogen-bond donors (Lipinski definition) is 1. The largest absolute Gasteiger partial charge is 0.312 e. The SMILES string of the molecule is CNC(c1cc(C)c(Br)s1)C1CC1(C)C. The second kappa shape index (κ2) is 3.86. The predicted molar refractivity (Wildman–Crippen MR) is 70.4 cm³/mol. The van der Waals surface area contributed by atoms with Crippen LogP contribution in [0.4, 0.5) is 0 Å². The Morgan fingerprint density at radius 1 is 1.60 bits per heavy atom. The van der Waals surface area contributed by atoms with Crippen LogP contribution in [0.2, 0.25) is 0 Å². The van der Waals surface area contributed by atoms with E-state index in [0.717, 1.165) is 5.92 Å². The molecule has 1 aliphatic carbocycles. The fraction of sp³-hybridized carbons (Fsp3) is 0.667. The monoisotopic (exact) mass is 287 g/mol. The van der Waals surface area contributed by atoms with Crippen molar-refractivity contribution in [1.82, 2.24) is 5.32 Å². The summed E-state index contributed by atoms with van der Waals surface area (Å²) in [4.78, 5) is 1.47. The quantitative estimate of drug-likeness (QED) is 0.882. The van der Waals surface area contributed by atoms with E-state index in [1.807, 2.05) is 11.3 Å². The Hall–Kier alpha value is 0.140. The Morgan fingerprint density at radius 2 is 2.20 bits per heavy atom. The normalized spacial score (nSPS) is 25.3. The summed E-state index contributed by atoms with van der Waals surface area (Å²) in [5.41, 5.74) is 1.88. The van der Waals surface area contributed by atoms with E-state index >= 15 is 0 Å². The van der Waals surface area contributed by atoms with Crippen LogP contribution in [0.15, 0.2) is 9.85 Å². The van der Waals surface area contributed by atoms with Crippen molar-refractivity contribution >= 4 is 27.3 Å². The van der Waals surface area contributed by atoms with Gasteiger partial charge in [0.2, 0.25) is 0 Å². The van der Waals surface area contributed by atoms with Gasteiger partial charge in [-0.1, -0.05) is 13.8 Å². The molecule has 0 aliphatic heterocycles.